The van der Waals surface area contributed by atoms with Gasteiger partial charge in [-0.1, -0.05) is 0 Å². The summed E-state index contributed by atoms with van der Waals surface area (Å²) < 4.78 is 5.11. The number of nitrogens with one attached hydrogen (secondary N) is 1. The van der Waals surface area contributed by atoms with Crippen molar-refractivity contribution >= 4 is 22.4 Å². The van der Waals surface area contributed by atoms with Crippen LogP contribution < -0.4 is 5.32 Å². The predicted octanol–water partition coefficient (Wildman–Crippen LogP) is 2.14. The molecule has 0 amide bonds. The molecule has 0 saturated carbocycles. The monoisotopic (exact) mass is 304 g/mol. The number of rotatable bonds is 5. The van der Waals surface area contributed by atoms with Gasteiger partial charge in [-0.2, -0.15) is 10.2 Å². The Balaban J connectivity index is 1.67. The van der Waals surface area contributed by atoms with Crippen molar-refractivity contribution in [1.29, 1.82) is 0 Å². The number of anilines is 1. The van der Waals surface area contributed by atoms with Crippen LogP contribution in [0.3, 0.4) is 0 Å². The number of hydrogen-bond acceptors (Lipinski definition) is 7. The van der Waals surface area contributed by atoms with Gasteiger partial charge in [0.25, 0.3) is 0 Å². The standard InChI is InChI=1S/C14H16N4O2S/c1-2-20-13(19)10-5-6-11-12(10)17-14(21-11)15-8-9-4-3-7-16-18-9/h3-4,7,10H,2,5-6,8H2,1H3,(H,15,17). The quantitative estimate of drug-likeness (QED) is 0.853. The molecule has 0 aliphatic heterocycles. The summed E-state index contributed by atoms with van der Waals surface area (Å²) in [6.07, 6.45) is 3.34. The van der Waals surface area contributed by atoms with E-state index in [0.29, 0.717) is 13.2 Å². The van der Waals surface area contributed by atoms with E-state index in [4.69, 9.17) is 4.74 Å². The van der Waals surface area contributed by atoms with Gasteiger partial charge >= 0.3 is 5.97 Å². The van der Waals surface area contributed by atoms with Crippen LogP contribution in [0.15, 0.2) is 18.3 Å². The van der Waals surface area contributed by atoms with E-state index in [1.165, 1.54) is 4.88 Å². The number of thiazole rings is 1. The molecule has 0 spiro atoms. The Morgan fingerprint density at radius 2 is 2.48 bits per heavy atom. The molecule has 0 radical (unpaired) electrons. The van der Waals surface area contributed by atoms with Gasteiger partial charge in [0.15, 0.2) is 5.13 Å². The first-order valence-electron chi connectivity index (χ1n) is 6.94. The number of aromatic nitrogens is 3. The lowest BCUT2D eigenvalue weighted by molar-refractivity contribution is -0.145. The molecule has 0 bridgehead atoms. The molecule has 7 heteroatoms. The van der Waals surface area contributed by atoms with Crippen molar-refractivity contribution in [1.82, 2.24) is 15.2 Å². The topological polar surface area (TPSA) is 77.0 Å². The van der Waals surface area contributed by atoms with Gasteiger partial charge in [-0.25, -0.2) is 4.98 Å². The molecule has 1 atom stereocenters. The highest BCUT2D eigenvalue weighted by atomic mass is 32.1. The van der Waals surface area contributed by atoms with Crippen LogP contribution in [0.5, 0.6) is 0 Å². The van der Waals surface area contributed by atoms with Crippen molar-refractivity contribution in [3.63, 3.8) is 0 Å². The minimum atomic E-state index is -0.205. The molecule has 0 fully saturated rings. The van der Waals surface area contributed by atoms with Gasteiger partial charge in [0, 0.05) is 11.1 Å². The van der Waals surface area contributed by atoms with Gasteiger partial charge in [-0.3, -0.25) is 4.79 Å². The fourth-order valence-corrected chi connectivity index (χ4v) is 3.40. The van der Waals surface area contributed by atoms with Gasteiger partial charge in [-0.15, -0.1) is 11.3 Å². The van der Waals surface area contributed by atoms with Crippen LogP contribution in [0.4, 0.5) is 5.13 Å². The highest BCUT2D eigenvalue weighted by Crippen LogP contribution is 2.38. The number of ether oxygens (including phenoxy) is 1. The zero-order chi connectivity index (χ0) is 14.7. The third-order valence-corrected chi connectivity index (χ3v) is 4.43. The molecule has 0 aromatic carbocycles. The third kappa shape index (κ3) is 3.02. The molecule has 3 rings (SSSR count). The Morgan fingerprint density at radius 1 is 1.57 bits per heavy atom. The van der Waals surface area contributed by atoms with Crippen LogP contribution in [0.2, 0.25) is 0 Å². The molecule has 21 heavy (non-hydrogen) atoms. The number of nitrogens with zero attached hydrogens (tertiary/aromatic N) is 3. The largest absolute Gasteiger partial charge is 0.465 e. The maximum atomic E-state index is 11.9. The molecule has 1 unspecified atom stereocenters. The molecule has 2 aromatic heterocycles. The number of fused-ring (bicyclic) bond motifs is 1. The predicted molar refractivity (Wildman–Crippen MR) is 79.2 cm³/mol. The van der Waals surface area contributed by atoms with Crippen LogP contribution in [-0.4, -0.2) is 27.8 Å². The van der Waals surface area contributed by atoms with E-state index in [2.05, 4.69) is 20.5 Å². The van der Waals surface area contributed by atoms with E-state index in [9.17, 15) is 4.79 Å². The Hall–Kier alpha value is -2.02. The second-order valence-electron chi connectivity index (χ2n) is 4.74. The average Bonchev–Trinajstić information content (AvgIpc) is 3.06. The summed E-state index contributed by atoms with van der Waals surface area (Å²) in [5.41, 5.74) is 1.73. The van der Waals surface area contributed by atoms with Crippen molar-refractivity contribution in [3.8, 4) is 0 Å². The molecule has 6 nitrogen and oxygen atoms in total. The first-order chi connectivity index (χ1) is 10.3. The van der Waals surface area contributed by atoms with E-state index < -0.39 is 0 Å². The van der Waals surface area contributed by atoms with E-state index in [-0.39, 0.29) is 11.9 Å². The molecule has 2 heterocycles. The number of esters is 1. The van der Waals surface area contributed by atoms with Gasteiger partial charge < -0.3 is 10.1 Å². The highest BCUT2D eigenvalue weighted by molar-refractivity contribution is 7.15. The lowest BCUT2D eigenvalue weighted by Gasteiger charge is -2.08. The molecule has 1 aliphatic carbocycles. The van der Waals surface area contributed by atoms with Crippen molar-refractivity contribution in [2.45, 2.75) is 32.2 Å². The van der Waals surface area contributed by atoms with E-state index in [1.807, 2.05) is 19.1 Å². The summed E-state index contributed by atoms with van der Waals surface area (Å²) in [5, 5.41) is 11.9. The zero-order valence-electron chi connectivity index (χ0n) is 11.7. The molecular weight excluding hydrogens is 288 g/mol. The Labute approximate surface area is 126 Å². The molecule has 2 aromatic rings. The van der Waals surface area contributed by atoms with Gasteiger partial charge in [0.05, 0.1) is 24.5 Å². The third-order valence-electron chi connectivity index (χ3n) is 3.34. The van der Waals surface area contributed by atoms with Crippen molar-refractivity contribution in [3.05, 3.63) is 34.6 Å². The number of hydrogen-bond donors (Lipinski definition) is 1. The Kier molecular flexibility index (Phi) is 4.10. The summed E-state index contributed by atoms with van der Waals surface area (Å²) in [4.78, 5) is 17.6. The second-order valence-corrected chi connectivity index (χ2v) is 5.82. The van der Waals surface area contributed by atoms with Crippen LogP contribution in [0.1, 0.15) is 35.5 Å². The van der Waals surface area contributed by atoms with Crippen molar-refractivity contribution in [2.75, 3.05) is 11.9 Å². The average molecular weight is 304 g/mol. The minimum absolute atomic E-state index is 0.165. The Bertz CT molecular complexity index is 629. The number of carbonyl (C=O) groups is 1. The fourth-order valence-electron chi connectivity index (χ4n) is 2.37. The zero-order valence-corrected chi connectivity index (χ0v) is 12.5. The maximum Gasteiger partial charge on any atom is 0.315 e. The normalized spacial score (nSPS) is 16.5. The van der Waals surface area contributed by atoms with Crippen LogP contribution in [0, 0.1) is 0 Å². The molecular formula is C14H16N4O2S. The lowest BCUT2D eigenvalue weighted by Crippen LogP contribution is -2.14. The van der Waals surface area contributed by atoms with Gasteiger partial charge in [-0.05, 0) is 31.9 Å². The summed E-state index contributed by atoms with van der Waals surface area (Å²) in [7, 11) is 0. The van der Waals surface area contributed by atoms with Crippen LogP contribution >= 0.6 is 11.3 Å². The SMILES string of the molecule is CCOC(=O)C1CCc2sc(NCc3cccnn3)nc21. The molecule has 0 saturated heterocycles. The van der Waals surface area contributed by atoms with E-state index >= 15 is 0 Å². The molecule has 1 N–H and O–H groups in total. The minimum Gasteiger partial charge on any atom is -0.465 e. The highest BCUT2D eigenvalue weighted by Gasteiger charge is 2.33. The van der Waals surface area contributed by atoms with Crippen LogP contribution in [-0.2, 0) is 22.5 Å². The molecule has 110 valence electrons. The maximum absolute atomic E-state index is 11.9. The Morgan fingerprint density at radius 3 is 3.24 bits per heavy atom. The summed E-state index contributed by atoms with van der Waals surface area (Å²) in [6.45, 7) is 2.81. The van der Waals surface area contributed by atoms with E-state index in [1.54, 1.807) is 17.5 Å². The summed E-state index contributed by atoms with van der Waals surface area (Å²) >= 11 is 1.60. The van der Waals surface area contributed by atoms with Gasteiger partial charge in [0.1, 0.15) is 5.92 Å². The van der Waals surface area contributed by atoms with Crippen molar-refractivity contribution < 1.29 is 9.53 Å². The van der Waals surface area contributed by atoms with E-state index in [0.717, 1.165) is 29.4 Å². The first kappa shape index (κ1) is 13.9. The fraction of sp³-hybridized carbons (Fsp3) is 0.429. The van der Waals surface area contributed by atoms with Gasteiger partial charge in [0.2, 0.25) is 0 Å². The summed E-state index contributed by atoms with van der Waals surface area (Å²) in [5.74, 6) is -0.370. The second kappa shape index (κ2) is 6.17. The lowest BCUT2D eigenvalue weighted by atomic mass is 10.1. The van der Waals surface area contributed by atoms with Crippen molar-refractivity contribution in [2.24, 2.45) is 0 Å². The smallest absolute Gasteiger partial charge is 0.315 e. The number of aryl methyl sites for hydroxylation is 1. The van der Waals surface area contributed by atoms with Crippen LogP contribution in [0.25, 0.3) is 0 Å². The summed E-state index contributed by atoms with van der Waals surface area (Å²) in [6, 6.07) is 3.76. The first-order valence-corrected chi connectivity index (χ1v) is 7.76. The molecule has 1 aliphatic rings. The number of carbonyl (C=O) groups excluding carboxylic acids is 1.